The average molecular weight is 308 g/mol. The fourth-order valence-corrected chi connectivity index (χ4v) is 4.43. The second kappa shape index (κ2) is 6.46. The van der Waals surface area contributed by atoms with Crippen molar-refractivity contribution in [2.75, 3.05) is 6.54 Å². The van der Waals surface area contributed by atoms with Crippen LogP contribution in [-0.4, -0.2) is 34.5 Å². The number of carbonyl (C=O) groups excluding carboxylic acids is 1. The Morgan fingerprint density at radius 1 is 1.48 bits per heavy atom. The normalized spacial score (nSPS) is 30.8. The average Bonchev–Trinajstić information content (AvgIpc) is 3.18. The van der Waals surface area contributed by atoms with Gasteiger partial charge in [-0.15, -0.1) is 11.3 Å². The lowest BCUT2D eigenvalue weighted by Gasteiger charge is -2.28. The molecule has 5 heteroatoms. The van der Waals surface area contributed by atoms with Gasteiger partial charge in [-0.3, -0.25) is 4.79 Å². The van der Waals surface area contributed by atoms with Gasteiger partial charge in [0, 0.05) is 29.4 Å². The van der Waals surface area contributed by atoms with Crippen molar-refractivity contribution in [3.8, 4) is 0 Å². The van der Waals surface area contributed by atoms with Gasteiger partial charge in [0.1, 0.15) is 0 Å². The van der Waals surface area contributed by atoms with Gasteiger partial charge in [-0.25, -0.2) is 0 Å². The second-order valence-corrected chi connectivity index (χ2v) is 7.34. The number of nitrogens with zero attached hydrogens (tertiary/aromatic N) is 1. The lowest BCUT2D eigenvalue weighted by molar-refractivity contribution is -0.136. The van der Waals surface area contributed by atoms with Crippen LogP contribution in [0, 0.1) is 5.92 Å². The maximum atomic E-state index is 12.7. The van der Waals surface area contributed by atoms with Crippen molar-refractivity contribution >= 4 is 17.2 Å². The number of carbonyl (C=O) groups is 1. The Labute approximate surface area is 129 Å². The number of likely N-dealkylation sites (tertiary alicyclic amines) is 1. The van der Waals surface area contributed by atoms with Crippen LogP contribution in [0.3, 0.4) is 0 Å². The van der Waals surface area contributed by atoms with Gasteiger partial charge < -0.3 is 15.7 Å². The van der Waals surface area contributed by atoms with Crippen molar-refractivity contribution < 1.29 is 9.90 Å². The first kappa shape index (κ1) is 15.0. The molecule has 3 N–H and O–H groups in total. The van der Waals surface area contributed by atoms with Crippen molar-refractivity contribution in [1.82, 2.24) is 4.90 Å². The summed E-state index contributed by atoms with van der Waals surface area (Å²) >= 11 is 1.58. The molecule has 1 aliphatic heterocycles. The van der Waals surface area contributed by atoms with E-state index in [-0.39, 0.29) is 23.9 Å². The van der Waals surface area contributed by atoms with Crippen molar-refractivity contribution in [3.63, 3.8) is 0 Å². The van der Waals surface area contributed by atoms with E-state index in [0.29, 0.717) is 6.42 Å². The van der Waals surface area contributed by atoms with E-state index in [1.165, 1.54) is 0 Å². The smallest absolute Gasteiger partial charge is 0.225 e. The first-order valence-corrected chi connectivity index (χ1v) is 8.80. The second-order valence-electron chi connectivity index (χ2n) is 6.36. The molecule has 4 nitrogen and oxygen atoms in total. The fourth-order valence-electron chi connectivity index (χ4n) is 3.70. The molecule has 1 saturated carbocycles. The Balaban J connectivity index is 1.61. The summed E-state index contributed by atoms with van der Waals surface area (Å²) in [6, 6.07) is 4.30. The summed E-state index contributed by atoms with van der Waals surface area (Å²) in [4.78, 5) is 15.7. The van der Waals surface area contributed by atoms with Gasteiger partial charge in [0.05, 0.1) is 6.10 Å². The third-order valence-electron chi connectivity index (χ3n) is 4.85. The monoisotopic (exact) mass is 308 g/mol. The number of nitrogens with two attached hydrogens (primary N) is 1. The zero-order chi connectivity index (χ0) is 14.8. The molecule has 3 rings (SSSR count). The molecular formula is C16H24N2O2S. The zero-order valence-electron chi connectivity index (χ0n) is 12.3. The number of aliphatic hydroxyl groups is 1. The molecule has 2 aliphatic rings. The molecule has 0 radical (unpaired) electrons. The third-order valence-corrected chi connectivity index (χ3v) is 5.82. The van der Waals surface area contributed by atoms with E-state index in [0.717, 1.165) is 43.5 Å². The van der Waals surface area contributed by atoms with Gasteiger partial charge in [-0.2, -0.15) is 0 Å². The molecule has 0 bridgehead atoms. The Kier molecular flexibility index (Phi) is 4.62. The van der Waals surface area contributed by atoms with E-state index in [9.17, 15) is 9.90 Å². The highest BCUT2D eigenvalue weighted by atomic mass is 32.1. The topological polar surface area (TPSA) is 66.6 Å². The molecule has 21 heavy (non-hydrogen) atoms. The molecule has 0 spiro atoms. The molecule has 1 aromatic heterocycles. The molecule has 0 aromatic carbocycles. The highest BCUT2D eigenvalue weighted by molar-refractivity contribution is 7.10. The summed E-state index contributed by atoms with van der Waals surface area (Å²) in [7, 11) is 0. The number of hydrogen-bond acceptors (Lipinski definition) is 4. The van der Waals surface area contributed by atoms with Crippen LogP contribution in [0.4, 0.5) is 0 Å². The summed E-state index contributed by atoms with van der Waals surface area (Å²) in [5, 5.41) is 12.3. The minimum atomic E-state index is -0.450. The van der Waals surface area contributed by atoms with Crippen LogP contribution < -0.4 is 5.73 Å². The Hall–Kier alpha value is -0.910. The Morgan fingerprint density at radius 3 is 3.00 bits per heavy atom. The van der Waals surface area contributed by atoms with Crippen LogP contribution in [-0.2, 0) is 4.79 Å². The summed E-state index contributed by atoms with van der Waals surface area (Å²) < 4.78 is 0. The maximum Gasteiger partial charge on any atom is 0.225 e. The van der Waals surface area contributed by atoms with Crippen molar-refractivity contribution in [2.45, 2.75) is 56.7 Å². The largest absolute Gasteiger partial charge is 0.387 e. The zero-order valence-corrected chi connectivity index (χ0v) is 13.1. The number of amides is 1. The van der Waals surface area contributed by atoms with Crippen LogP contribution >= 0.6 is 11.3 Å². The van der Waals surface area contributed by atoms with Gasteiger partial charge in [-0.1, -0.05) is 6.07 Å². The van der Waals surface area contributed by atoms with Gasteiger partial charge in [0.2, 0.25) is 5.91 Å². The predicted molar refractivity (Wildman–Crippen MR) is 83.9 cm³/mol. The number of thiophene rings is 1. The fraction of sp³-hybridized carbons (Fsp3) is 0.688. The van der Waals surface area contributed by atoms with Crippen LogP contribution in [0.5, 0.6) is 0 Å². The molecule has 1 saturated heterocycles. The summed E-state index contributed by atoms with van der Waals surface area (Å²) in [6.07, 6.45) is 4.98. The maximum absolute atomic E-state index is 12.7. The van der Waals surface area contributed by atoms with Crippen LogP contribution in [0.15, 0.2) is 17.5 Å². The van der Waals surface area contributed by atoms with Crippen LogP contribution in [0.1, 0.15) is 49.5 Å². The first-order chi connectivity index (χ1) is 10.1. The number of aliphatic hydroxyl groups excluding tert-OH is 1. The number of rotatable bonds is 4. The van der Waals surface area contributed by atoms with Gasteiger partial charge in [0.25, 0.3) is 0 Å². The van der Waals surface area contributed by atoms with Gasteiger partial charge >= 0.3 is 0 Å². The standard InChI is InChI=1S/C16H24N2O2S/c17-12-6-5-11(9-12)16(20)18-7-1-3-13(18)10-14(19)15-4-2-8-21-15/h2,4,8,11-14,19H,1,3,5-7,9-10,17H2. The molecule has 4 unspecified atom stereocenters. The summed E-state index contributed by atoms with van der Waals surface area (Å²) in [5.41, 5.74) is 5.93. The van der Waals surface area contributed by atoms with E-state index >= 15 is 0 Å². The quantitative estimate of drug-likeness (QED) is 0.897. The number of hydrogen-bond donors (Lipinski definition) is 2. The highest BCUT2D eigenvalue weighted by Gasteiger charge is 2.36. The van der Waals surface area contributed by atoms with Gasteiger partial charge in [-0.05, 0) is 50.0 Å². The SMILES string of the molecule is NC1CCC(C(=O)N2CCCC2CC(O)c2cccs2)C1. The van der Waals surface area contributed by atoms with Crippen LogP contribution in [0.25, 0.3) is 0 Å². The van der Waals surface area contributed by atoms with E-state index in [4.69, 9.17) is 5.73 Å². The molecule has 116 valence electrons. The molecule has 4 atom stereocenters. The molecule has 1 amide bonds. The lowest BCUT2D eigenvalue weighted by atomic mass is 10.0. The molecule has 2 fully saturated rings. The molecule has 1 aliphatic carbocycles. The van der Waals surface area contributed by atoms with Crippen LogP contribution in [0.2, 0.25) is 0 Å². The summed E-state index contributed by atoms with van der Waals surface area (Å²) in [5.74, 6) is 0.378. The van der Waals surface area contributed by atoms with E-state index in [1.807, 2.05) is 22.4 Å². The lowest BCUT2D eigenvalue weighted by Crippen LogP contribution is -2.40. The van der Waals surface area contributed by atoms with E-state index in [1.54, 1.807) is 11.3 Å². The van der Waals surface area contributed by atoms with E-state index < -0.39 is 6.10 Å². The van der Waals surface area contributed by atoms with Crippen molar-refractivity contribution in [2.24, 2.45) is 11.7 Å². The highest BCUT2D eigenvalue weighted by Crippen LogP contribution is 2.33. The molecular weight excluding hydrogens is 284 g/mol. The Morgan fingerprint density at radius 2 is 2.33 bits per heavy atom. The Bertz CT molecular complexity index is 477. The first-order valence-electron chi connectivity index (χ1n) is 7.92. The minimum Gasteiger partial charge on any atom is -0.387 e. The van der Waals surface area contributed by atoms with Crippen molar-refractivity contribution in [3.05, 3.63) is 22.4 Å². The third kappa shape index (κ3) is 3.30. The summed E-state index contributed by atoms with van der Waals surface area (Å²) in [6.45, 7) is 0.840. The van der Waals surface area contributed by atoms with E-state index in [2.05, 4.69) is 0 Å². The molecule has 1 aromatic rings. The van der Waals surface area contributed by atoms with Gasteiger partial charge in [0.15, 0.2) is 0 Å². The molecule has 2 heterocycles. The minimum absolute atomic E-state index is 0.111. The van der Waals surface area contributed by atoms with Crippen molar-refractivity contribution in [1.29, 1.82) is 0 Å². The predicted octanol–water partition coefficient (Wildman–Crippen LogP) is 2.29.